The van der Waals surface area contributed by atoms with Crippen LogP contribution in [0.15, 0.2) is 48.5 Å². The van der Waals surface area contributed by atoms with Crippen molar-refractivity contribution >= 4 is 23.5 Å². The highest BCUT2D eigenvalue weighted by Gasteiger charge is 2.43. The van der Waals surface area contributed by atoms with Crippen LogP contribution in [0.4, 0.5) is 0 Å². The average molecular weight is 374 g/mol. The molecule has 1 aliphatic heterocycles. The smallest absolute Gasteiger partial charge is 0.317 e. The number of carbonyl (C=O) groups is 2. The van der Waals surface area contributed by atoms with Crippen LogP contribution < -0.4 is 5.73 Å². The van der Waals surface area contributed by atoms with Gasteiger partial charge in [-0.2, -0.15) is 0 Å². The molecule has 2 aromatic rings. The summed E-state index contributed by atoms with van der Waals surface area (Å²) in [7, 11) is 0. The molecule has 1 heterocycles. The largest absolute Gasteiger partial charge is 0.460 e. The highest BCUT2D eigenvalue weighted by Crippen LogP contribution is 2.37. The second-order valence-electron chi connectivity index (χ2n) is 6.35. The highest BCUT2D eigenvalue weighted by molar-refractivity contribution is 6.30. The Bertz CT molecular complexity index is 815. The first-order valence-corrected chi connectivity index (χ1v) is 8.79. The molecular formula is C20H20ClNO4. The molecule has 1 fully saturated rings. The van der Waals surface area contributed by atoms with Crippen molar-refractivity contribution < 1.29 is 19.1 Å². The maximum Gasteiger partial charge on any atom is 0.317 e. The van der Waals surface area contributed by atoms with Gasteiger partial charge in [0.05, 0.1) is 5.41 Å². The third-order valence-corrected chi connectivity index (χ3v) is 4.93. The van der Waals surface area contributed by atoms with E-state index in [-0.39, 0.29) is 12.6 Å². The lowest BCUT2D eigenvalue weighted by Gasteiger charge is -2.35. The molecule has 0 bridgehead atoms. The lowest BCUT2D eigenvalue weighted by Crippen LogP contribution is -2.42. The molecule has 0 radical (unpaired) electrons. The number of ether oxygens (including phenoxy) is 2. The normalized spacial score (nSPS) is 16.0. The summed E-state index contributed by atoms with van der Waals surface area (Å²) in [6, 6.07) is 14.1. The number of halogens is 1. The molecule has 0 unspecified atom stereocenters. The summed E-state index contributed by atoms with van der Waals surface area (Å²) >= 11 is 6.12. The Labute approximate surface area is 157 Å². The van der Waals surface area contributed by atoms with E-state index >= 15 is 0 Å². The molecule has 3 rings (SSSR count). The topological polar surface area (TPSA) is 78.6 Å². The molecule has 1 amide bonds. The van der Waals surface area contributed by atoms with E-state index in [9.17, 15) is 9.59 Å². The van der Waals surface area contributed by atoms with Crippen LogP contribution in [0.25, 0.3) is 0 Å². The number of amides is 1. The predicted molar refractivity (Wildman–Crippen MR) is 97.9 cm³/mol. The summed E-state index contributed by atoms with van der Waals surface area (Å²) in [5.74, 6) is -0.828. The van der Waals surface area contributed by atoms with Crippen molar-refractivity contribution in [2.24, 2.45) is 5.73 Å². The van der Waals surface area contributed by atoms with Crippen LogP contribution in [0.2, 0.25) is 5.02 Å². The van der Waals surface area contributed by atoms with Crippen LogP contribution in [-0.4, -0.2) is 25.1 Å². The first kappa shape index (κ1) is 18.4. The highest BCUT2D eigenvalue weighted by atomic mass is 35.5. The molecule has 0 aliphatic carbocycles. The Hall–Kier alpha value is -2.37. The van der Waals surface area contributed by atoms with Crippen molar-refractivity contribution in [3.8, 4) is 0 Å². The minimum atomic E-state index is -0.773. The summed E-state index contributed by atoms with van der Waals surface area (Å²) in [6.07, 6.45) is 1.07. The van der Waals surface area contributed by atoms with Gasteiger partial charge in [0.2, 0.25) is 5.91 Å². The Morgan fingerprint density at radius 3 is 2.54 bits per heavy atom. The van der Waals surface area contributed by atoms with Crippen molar-refractivity contribution in [1.29, 1.82) is 0 Å². The fraction of sp³-hybridized carbons (Fsp3) is 0.300. The summed E-state index contributed by atoms with van der Waals surface area (Å²) in [5.41, 5.74) is 6.45. The number of benzene rings is 2. The van der Waals surface area contributed by atoms with E-state index in [0.29, 0.717) is 42.2 Å². The molecule has 0 saturated carbocycles. The van der Waals surface area contributed by atoms with Crippen LogP contribution >= 0.6 is 11.6 Å². The molecule has 2 N–H and O–H groups in total. The van der Waals surface area contributed by atoms with Crippen molar-refractivity contribution in [3.63, 3.8) is 0 Å². The molecule has 1 saturated heterocycles. The van der Waals surface area contributed by atoms with Crippen molar-refractivity contribution in [1.82, 2.24) is 0 Å². The lowest BCUT2D eigenvalue weighted by molar-refractivity contribution is -0.156. The zero-order chi connectivity index (χ0) is 18.6. The van der Waals surface area contributed by atoms with E-state index in [2.05, 4.69) is 0 Å². The summed E-state index contributed by atoms with van der Waals surface area (Å²) < 4.78 is 11.0. The SMILES string of the molecule is NC(=O)c1cccc(COC(=O)C2(c3cccc(Cl)c3)CCOCC2)c1. The summed E-state index contributed by atoms with van der Waals surface area (Å²) in [5, 5.41) is 0.579. The monoisotopic (exact) mass is 373 g/mol. The Morgan fingerprint density at radius 1 is 1.12 bits per heavy atom. The Morgan fingerprint density at radius 2 is 1.85 bits per heavy atom. The van der Waals surface area contributed by atoms with Gasteiger partial charge in [-0.15, -0.1) is 0 Å². The lowest BCUT2D eigenvalue weighted by atomic mass is 9.74. The molecule has 136 valence electrons. The van der Waals surface area contributed by atoms with Crippen molar-refractivity contribution in [2.45, 2.75) is 24.9 Å². The quantitative estimate of drug-likeness (QED) is 0.816. The number of hydrogen-bond donors (Lipinski definition) is 1. The van der Waals surface area contributed by atoms with E-state index in [1.807, 2.05) is 18.2 Å². The van der Waals surface area contributed by atoms with Crippen molar-refractivity contribution in [2.75, 3.05) is 13.2 Å². The second-order valence-corrected chi connectivity index (χ2v) is 6.78. The van der Waals surface area contributed by atoms with E-state index in [4.69, 9.17) is 26.8 Å². The standard InChI is InChI=1S/C20H20ClNO4/c21-17-6-2-5-16(12-17)20(7-9-25-10-8-20)19(24)26-13-14-3-1-4-15(11-14)18(22)23/h1-6,11-12H,7-10,13H2,(H2,22,23). The van der Waals surface area contributed by atoms with Crippen molar-refractivity contribution in [3.05, 3.63) is 70.2 Å². The molecule has 1 aliphatic rings. The maximum atomic E-state index is 13.0. The van der Waals surface area contributed by atoms with Gasteiger partial charge in [-0.05, 0) is 48.2 Å². The molecule has 6 heteroatoms. The van der Waals surface area contributed by atoms with Crippen LogP contribution in [-0.2, 0) is 26.3 Å². The van der Waals surface area contributed by atoms with Gasteiger partial charge in [-0.1, -0.05) is 35.9 Å². The molecule has 0 spiro atoms. The van der Waals surface area contributed by atoms with Gasteiger partial charge < -0.3 is 15.2 Å². The van der Waals surface area contributed by atoms with Gasteiger partial charge in [-0.3, -0.25) is 9.59 Å². The third kappa shape index (κ3) is 3.89. The minimum absolute atomic E-state index is 0.0725. The second kappa shape index (κ2) is 7.89. The minimum Gasteiger partial charge on any atom is -0.460 e. The van der Waals surface area contributed by atoms with E-state index in [1.165, 1.54) is 0 Å². The fourth-order valence-corrected chi connectivity index (χ4v) is 3.41. The first-order chi connectivity index (χ1) is 12.5. The van der Waals surface area contributed by atoms with E-state index in [1.54, 1.807) is 30.3 Å². The molecule has 0 atom stereocenters. The zero-order valence-corrected chi connectivity index (χ0v) is 15.0. The number of carbonyl (C=O) groups excluding carboxylic acids is 2. The maximum absolute atomic E-state index is 13.0. The molecular weight excluding hydrogens is 354 g/mol. The van der Waals surface area contributed by atoms with Gasteiger partial charge in [0.25, 0.3) is 0 Å². The van der Waals surface area contributed by atoms with Gasteiger partial charge >= 0.3 is 5.97 Å². The van der Waals surface area contributed by atoms with Gasteiger partial charge in [0, 0.05) is 23.8 Å². The third-order valence-electron chi connectivity index (χ3n) is 4.70. The molecule has 5 nitrogen and oxygen atoms in total. The number of esters is 1. The van der Waals surface area contributed by atoms with Gasteiger partial charge in [0.1, 0.15) is 6.61 Å². The average Bonchev–Trinajstić information content (AvgIpc) is 2.67. The number of hydrogen-bond acceptors (Lipinski definition) is 4. The van der Waals surface area contributed by atoms with Crippen LogP contribution in [0.1, 0.15) is 34.3 Å². The molecule has 2 aromatic carbocycles. The van der Waals surface area contributed by atoms with Gasteiger partial charge in [-0.25, -0.2) is 0 Å². The number of rotatable bonds is 5. The Balaban J connectivity index is 1.80. The molecule has 0 aromatic heterocycles. The van der Waals surface area contributed by atoms with E-state index in [0.717, 1.165) is 5.56 Å². The fourth-order valence-electron chi connectivity index (χ4n) is 3.22. The van der Waals surface area contributed by atoms with Crippen LogP contribution in [0, 0.1) is 0 Å². The van der Waals surface area contributed by atoms with Crippen LogP contribution in [0.5, 0.6) is 0 Å². The molecule has 26 heavy (non-hydrogen) atoms. The first-order valence-electron chi connectivity index (χ1n) is 8.41. The number of primary amides is 1. The Kier molecular flexibility index (Phi) is 5.59. The summed E-state index contributed by atoms with van der Waals surface area (Å²) in [6.45, 7) is 1.04. The van der Waals surface area contributed by atoms with Crippen LogP contribution in [0.3, 0.4) is 0 Å². The number of nitrogens with two attached hydrogens (primary N) is 1. The zero-order valence-electron chi connectivity index (χ0n) is 14.2. The van der Waals surface area contributed by atoms with Gasteiger partial charge in [0.15, 0.2) is 0 Å². The summed E-state index contributed by atoms with van der Waals surface area (Å²) in [4.78, 5) is 24.3. The predicted octanol–water partition coefficient (Wildman–Crippen LogP) is 3.23. The van der Waals surface area contributed by atoms with E-state index < -0.39 is 11.3 Å².